The number of benzene rings is 1. The molecule has 4 aromatic heterocycles. The van der Waals surface area contributed by atoms with Crippen LogP contribution in [0.5, 0.6) is 0 Å². The maximum absolute atomic E-state index is 6.05. The van der Waals surface area contributed by atoms with Crippen LogP contribution in [-0.4, -0.2) is 102 Å². The summed E-state index contributed by atoms with van der Waals surface area (Å²) in [5.41, 5.74) is 6.17. The Labute approximate surface area is 237 Å². The molecule has 0 radical (unpaired) electrons. The molecule has 0 aliphatic carbocycles. The van der Waals surface area contributed by atoms with E-state index in [4.69, 9.17) is 14.7 Å². The fourth-order valence-electron chi connectivity index (χ4n) is 5.34. The van der Waals surface area contributed by atoms with Crippen LogP contribution in [0.2, 0.25) is 0 Å². The number of nitrogens with zero attached hydrogens (tertiary/aromatic N) is 11. The molecule has 13 nitrogen and oxygen atoms in total. The molecule has 0 saturated carbocycles. The van der Waals surface area contributed by atoms with E-state index in [2.05, 4.69) is 64.8 Å². The van der Waals surface area contributed by atoms with Crippen molar-refractivity contribution in [1.82, 2.24) is 54.9 Å². The van der Waals surface area contributed by atoms with E-state index >= 15 is 0 Å². The number of rotatable bonds is 7. The van der Waals surface area contributed by atoms with Crippen LogP contribution in [0.1, 0.15) is 5.56 Å². The van der Waals surface area contributed by atoms with Crippen molar-refractivity contribution in [2.24, 2.45) is 7.05 Å². The van der Waals surface area contributed by atoms with Gasteiger partial charge < -0.3 is 15.0 Å². The predicted octanol–water partition coefficient (Wildman–Crippen LogP) is 1.39. The number of aromatic nitrogens is 9. The fraction of sp³-hybridized carbons (Fsp3) is 0.393. The summed E-state index contributed by atoms with van der Waals surface area (Å²) in [6, 6.07) is 8.73. The molecule has 13 heteroatoms. The van der Waals surface area contributed by atoms with Crippen LogP contribution < -0.4 is 10.2 Å². The number of morpholine rings is 1. The van der Waals surface area contributed by atoms with Gasteiger partial charge >= 0.3 is 0 Å². The molecule has 2 saturated heterocycles. The van der Waals surface area contributed by atoms with Crippen LogP contribution >= 0.6 is 0 Å². The molecule has 6 heterocycles. The highest BCUT2D eigenvalue weighted by atomic mass is 16.5. The van der Waals surface area contributed by atoms with E-state index in [9.17, 15) is 0 Å². The standard InChI is InChI=1S/C28H32N12O/c1-37-17-23(14-33-37)25-15-30-27-26(34-25)35-36-40(27)19-24-18-39(10-11-41-24)28-31-12-22(13-32-28)21-4-2-20(3-5-21)16-38-8-6-29-7-9-38/h2-5,12-15,17,24,29H,6-11,16,18-19H2,1H3/t24-/m0/s1. The van der Waals surface area contributed by atoms with E-state index < -0.39 is 0 Å². The van der Waals surface area contributed by atoms with Crippen LogP contribution in [0.4, 0.5) is 5.95 Å². The normalized spacial score (nSPS) is 18.3. The Kier molecular flexibility index (Phi) is 7.05. The molecule has 1 atom stereocenters. The van der Waals surface area contributed by atoms with Gasteiger partial charge in [-0.15, -0.1) is 5.10 Å². The van der Waals surface area contributed by atoms with Gasteiger partial charge in [0.1, 0.15) is 0 Å². The van der Waals surface area contributed by atoms with Gasteiger partial charge in [-0.1, -0.05) is 29.5 Å². The summed E-state index contributed by atoms with van der Waals surface area (Å²) in [4.78, 5) is 23.2. The van der Waals surface area contributed by atoms with Crippen molar-refractivity contribution in [2.75, 3.05) is 50.8 Å². The van der Waals surface area contributed by atoms with Crippen molar-refractivity contribution in [1.29, 1.82) is 0 Å². The minimum atomic E-state index is -0.111. The Balaban J connectivity index is 0.989. The lowest BCUT2D eigenvalue weighted by Gasteiger charge is -2.32. The van der Waals surface area contributed by atoms with Gasteiger partial charge in [0, 0.05) is 82.6 Å². The molecule has 0 bridgehead atoms. The van der Waals surface area contributed by atoms with Crippen molar-refractivity contribution < 1.29 is 4.74 Å². The van der Waals surface area contributed by atoms with Gasteiger partial charge in [0.25, 0.3) is 0 Å². The lowest BCUT2D eigenvalue weighted by molar-refractivity contribution is 0.0273. The van der Waals surface area contributed by atoms with Gasteiger partial charge in [-0.05, 0) is 11.1 Å². The predicted molar refractivity (Wildman–Crippen MR) is 153 cm³/mol. The number of aryl methyl sites for hydroxylation is 1. The zero-order valence-corrected chi connectivity index (χ0v) is 23.0. The molecule has 5 aromatic rings. The Bertz CT molecular complexity index is 1610. The van der Waals surface area contributed by atoms with Gasteiger partial charge in [0.15, 0.2) is 5.65 Å². The molecule has 1 aromatic carbocycles. The zero-order chi connectivity index (χ0) is 27.6. The highest BCUT2D eigenvalue weighted by Crippen LogP contribution is 2.22. The number of hydrogen-bond acceptors (Lipinski definition) is 11. The third kappa shape index (κ3) is 5.64. The quantitative estimate of drug-likeness (QED) is 0.315. The number of ether oxygens (including phenoxy) is 1. The zero-order valence-electron chi connectivity index (χ0n) is 23.0. The molecule has 7 rings (SSSR count). The van der Waals surface area contributed by atoms with Gasteiger partial charge in [0.2, 0.25) is 11.6 Å². The lowest BCUT2D eigenvalue weighted by Crippen LogP contribution is -2.45. The number of nitrogens with one attached hydrogen (secondary N) is 1. The highest BCUT2D eigenvalue weighted by Gasteiger charge is 2.24. The molecule has 0 spiro atoms. The first kappa shape index (κ1) is 25.6. The summed E-state index contributed by atoms with van der Waals surface area (Å²) in [6.45, 7) is 7.75. The van der Waals surface area contributed by atoms with Crippen LogP contribution in [0.15, 0.2) is 55.2 Å². The molecule has 0 unspecified atom stereocenters. The van der Waals surface area contributed by atoms with E-state index in [1.54, 1.807) is 21.8 Å². The van der Waals surface area contributed by atoms with Gasteiger partial charge in [-0.2, -0.15) is 5.10 Å². The van der Waals surface area contributed by atoms with Crippen LogP contribution in [0, 0.1) is 0 Å². The van der Waals surface area contributed by atoms with Crippen LogP contribution in [0.3, 0.4) is 0 Å². The van der Waals surface area contributed by atoms with Gasteiger partial charge in [0.05, 0.1) is 37.3 Å². The highest BCUT2D eigenvalue weighted by molar-refractivity contribution is 5.69. The topological polar surface area (TPSA) is 128 Å². The van der Waals surface area contributed by atoms with Crippen LogP contribution in [0.25, 0.3) is 33.7 Å². The first-order valence-electron chi connectivity index (χ1n) is 13.9. The Morgan fingerprint density at radius 2 is 1.76 bits per heavy atom. The first-order chi connectivity index (χ1) is 20.2. The Hall–Kier alpha value is -4.33. The van der Waals surface area contributed by atoms with Crippen molar-refractivity contribution in [3.63, 3.8) is 0 Å². The molecule has 1 N–H and O–H groups in total. The third-order valence-electron chi connectivity index (χ3n) is 7.57. The fourth-order valence-corrected chi connectivity index (χ4v) is 5.34. The number of hydrogen-bond donors (Lipinski definition) is 1. The average molecular weight is 553 g/mol. The van der Waals surface area contributed by atoms with E-state index in [0.29, 0.717) is 42.6 Å². The third-order valence-corrected chi connectivity index (χ3v) is 7.57. The average Bonchev–Trinajstić information content (AvgIpc) is 3.64. The maximum atomic E-state index is 6.05. The minimum absolute atomic E-state index is 0.111. The molecule has 41 heavy (non-hydrogen) atoms. The van der Waals surface area contributed by atoms with Crippen molar-refractivity contribution in [3.8, 4) is 22.4 Å². The molecule has 0 amide bonds. The first-order valence-corrected chi connectivity index (χ1v) is 13.9. The SMILES string of the molecule is Cn1cc(-c2cnc3c(nnn3C[C@@H]3CN(c4ncc(-c5ccc(CN6CCNCC6)cc5)cn4)CCO3)n2)cn1. The second-order valence-corrected chi connectivity index (χ2v) is 10.5. The summed E-state index contributed by atoms with van der Waals surface area (Å²) in [5.74, 6) is 0.696. The van der Waals surface area contributed by atoms with Crippen molar-refractivity contribution in [3.05, 3.63) is 60.8 Å². The molecular formula is C28H32N12O. The Morgan fingerprint density at radius 3 is 2.54 bits per heavy atom. The van der Waals surface area contributed by atoms with E-state index in [-0.39, 0.29) is 6.10 Å². The Morgan fingerprint density at radius 1 is 0.927 bits per heavy atom. The number of anilines is 1. The maximum Gasteiger partial charge on any atom is 0.225 e. The summed E-state index contributed by atoms with van der Waals surface area (Å²) >= 11 is 0. The lowest BCUT2D eigenvalue weighted by atomic mass is 10.1. The minimum Gasteiger partial charge on any atom is -0.373 e. The molecular weight excluding hydrogens is 520 g/mol. The monoisotopic (exact) mass is 552 g/mol. The second kappa shape index (κ2) is 11.3. The van der Waals surface area contributed by atoms with Gasteiger partial charge in [-0.25, -0.2) is 24.6 Å². The van der Waals surface area contributed by atoms with E-state index in [0.717, 1.165) is 56.0 Å². The smallest absolute Gasteiger partial charge is 0.225 e. The molecule has 2 aliphatic rings. The largest absolute Gasteiger partial charge is 0.373 e. The summed E-state index contributed by atoms with van der Waals surface area (Å²) in [6.07, 6.45) is 9.06. The van der Waals surface area contributed by atoms with E-state index in [1.807, 2.05) is 25.6 Å². The van der Waals surface area contributed by atoms with Gasteiger partial charge in [-0.3, -0.25) is 9.58 Å². The summed E-state index contributed by atoms with van der Waals surface area (Å²) in [7, 11) is 1.87. The molecule has 2 aliphatic heterocycles. The van der Waals surface area contributed by atoms with Crippen LogP contribution in [-0.2, 0) is 24.9 Å². The van der Waals surface area contributed by atoms with Crippen molar-refractivity contribution in [2.45, 2.75) is 19.2 Å². The molecule has 2 fully saturated rings. The van der Waals surface area contributed by atoms with Crippen molar-refractivity contribution >= 4 is 17.2 Å². The van der Waals surface area contributed by atoms with E-state index in [1.165, 1.54) is 5.56 Å². The molecule has 210 valence electrons. The summed E-state index contributed by atoms with van der Waals surface area (Å²) < 4.78 is 9.53. The number of fused-ring (bicyclic) bond motifs is 1. The summed E-state index contributed by atoms with van der Waals surface area (Å²) in [5, 5.41) is 16.1. The number of piperazine rings is 1. The second-order valence-electron chi connectivity index (χ2n) is 10.5.